The Morgan fingerprint density at radius 2 is 1.75 bits per heavy atom. The number of hydrogen-bond acceptors (Lipinski definition) is 4. The number of carbonyl (C=O) groups excluding carboxylic acids is 2. The number of hydrogen-bond donors (Lipinski definition) is 0. The molecule has 0 N–H and O–H groups in total. The summed E-state index contributed by atoms with van der Waals surface area (Å²) >= 11 is 0. The van der Waals surface area contributed by atoms with Crippen molar-refractivity contribution in [1.82, 2.24) is 4.90 Å². The van der Waals surface area contributed by atoms with Crippen LogP contribution in [0.2, 0.25) is 0 Å². The van der Waals surface area contributed by atoms with Crippen molar-refractivity contribution in [3.8, 4) is 0 Å². The molecule has 1 aliphatic heterocycles. The van der Waals surface area contributed by atoms with Crippen LogP contribution in [0.4, 0.5) is 4.79 Å². The van der Waals surface area contributed by atoms with Gasteiger partial charge in [-0.2, -0.15) is 0 Å². The van der Waals surface area contributed by atoms with Crippen LogP contribution in [0.3, 0.4) is 0 Å². The number of carbonyl (C=O) groups is 2. The molecule has 1 aromatic carbocycles. The third-order valence-electron chi connectivity index (χ3n) is 3.94. The van der Waals surface area contributed by atoms with Crippen LogP contribution >= 0.6 is 0 Å². The molecule has 0 unspecified atom stereocenters. The third kappa shape index (κ3) is 6.22. The van der Waals surface area contributed by atoms with Gasteiger partial charge in [0.15, 0.2) is 0 Å². The van der Waals surface area contributed by atoms with E-state index in [-0.39, 0.29) is 12.1 Å². The van der Waals surface area contributed by atoms with E-state index < -0.39 is 5.60 Å². The van der Waals surface area contributed by atoms with Crippen LogP contribution < -0.4 is 0 Å². The van der Waals surface area contributed by atoms with E-state index in [1.807, 2.05) is 51.1 Å². The SMILES string of the molecule is CC(C)(C)OC(=O)N1CCC(COC(=O)Cc2ccccc2)CC1. The molecule has 132 valence electrons. The van der Waals surface area contributed by atoms with Crippen LogP contribution in [0, 0.1) is 5.92 Å². The van der Waals surface area contributed by atoms with Crippen molar-refractivity contribution in [3.63, 3.8) is 0 Å². The lowest BCUT2D eigenvalue weighted by atomic mass is 9.98. The van der Waals surface area contributed by atoms with E-state index in [0.29, 0.717) is 32.0 Å². The number of rotatable bonds is 4. The van der Waals surface area contributed by atoms with Gasteiger partial charge in [0.2, 0.25) is 0 Å². The zero-order valence-corrected chi connectivity index (χ0v) is 14.8. The first-order chi connectivity index (χ1) is 11.3. The first-order valence-electron chi connectivity index (χ1n) is 8.51. The molecule has 0 spiro atoms. The molecule has 2 rings (SSSR count). The predicted octanol–water partition coefficient (Wildman–Crippen LogP) is 3.42. The molecule has 5 nitrogen and oxygen atoms in total. The van der Waals surface area contributed by atoms with Gasteiger partial charge >= 0.3 is 12.1 Å². The molecule has 0 aromatic heterocycles. The lowest BCUT2D eigenvalue weighted by Gasteiger charge is -2.33. The second kappa shape index (κ2) is 8.18. The van der Waals surface area contributed by atoms with Gasteiger partial charge in [-0.3, -0.25) is 4.79 Å². The van der Waals surface area contributed by atoms with Crippen molar-refractivity contribution >= 4 is 12.1 Å². The second-order valence-electron chi connectivity index (χ2n) is 7.26. The lowest BCUT2D eigenvalue weighted by molar-refractivity contribution is -0.144. The molecule has 0 bridgehead atoms. The van der Waals surface area contributed by atoms with E-state index in [1.54, 1.807) is 4.90 Å². The summed E-state index contributed by atoms with van der Waals surface area (Å²) in [6.07, 6.45) is 1.70. The average Bonchev–Trinajstić information content (AvgIpc) is 2.53. The molecular formula is C19H27NO4. The molecule has 1 aromatic rings. The van der Waals surface area contributed by atoms with Crippen LogP contribution in [0.15, 0.2) is 30.3 Å². The number of likely N-dealkylation sites (tertiary alicyclic amines) is 1. The molecule has 0 aliphatic carbocycles. The van der Waals surface area contributed by atoms with E-state index in [2.05, 4.69) is 0 Å². The number of nitrogens with zero attached hydrogens (tertiary/aromatic N) is 1. The van der Waals surface area contributed by atoms with Gasteiger partial charge in [0.1, 0.15) is 5.60 Å². The predicted molar refractivity (Wildman–Crippen MR) is 91.6 cm³/mol. The van der Waals surface area contributed by atoms with Crippen LogP contribution in [0.25, 0.3) is 0 Å². The van der Waals surface area contributed by atoms with Crippen molar-refractivity contribution in [3.05, 3.63) is 35.9 Å². The number of ether oxygens (including phenoxy) is 2. The highest BCUT2D eigenvalue weighted by molar-refractivity contribution is 5.72. The molecule has 1 aliphatic rings. The zero-order chi connectivity index (χ0) is 17.6. The zero-order valence-electron chi connectivity index (χ0n) is 14.8. The van der Waals surface area contributed by atoms with E-state index in [9.17, 15) is 9.59 Å². The molecular weight excluding hydrogens is 306 g/mol. The largest absolute Gasteiger partial charge is 0.465 e. The Hall–Kier alpha value is -2.04. The highest BCUT2D eigenvalue weighted by Gasteiger charge is 2.27. The number of piperidine rings is 1. The minimum atomic E-state index is -0.471. The van der Waals surface area contributed by atoms with Gasteiger partial charge in [0, 0.05) is 13.1 Å². The van der Waals surface area contributed by atoms with Crippen molar-refractivity contribution in [1.29, 1.82) is 0 Å². The van der Waals surface area contributed by atoms with Crippen molar-refractivity contribution in [2.45, 2.75) is 45.6 Å². The molecule has 24 heavy (non-hydrogen) atoms. The number of amides is 1. The lowest BCUT2D eigenvalue weighted by Crippen LogP contribution is -2.42. The van der Waals surface area contributed by atoms with Gasteiger partial charge in [-0.15, -0.1) is 0 Å². The van der Waals surface area contributed by atoms with Crippen molar-refractivity contribution in [2.75, 3.05) is 19.7 Å². The second-order valence-corrected chi connectivity index (χ2v) is 7.26. The summed E-state index contributed by atoms with van der Waals surface area (Å²) in [7, 11) is 0. The number of benzene rings is 1. The molecule has 1 fully saturated rings. The molecule has 1 saturated heterocycles. The van der Waals surface area contributed by atoms with Gasteiger partial charge in [-0.05, 0) is 45.1 Å². The summed E-state index contributed by atoms with van der Waals surface area (Å²) in [6.45, 7) is 7.32. The fourth-order valence-electron chi connectivity index (χ4n) is 2.63. The van der Waals surface area contributed by atoms with Crippen LogP contribution in [0.5, 0.6) is 0 Å². The molecule has 0 saturated carbocycles. The molecule has 5 heteroatoms. The maximum absolute atomic E-state index is 12.0. The summed E-state index contributed by atoms with van der Waals surface area (Å²) in [5.74, 6) is 0.110. The molecule has 1 amide bonds. The van der Waals surface area contributed by atoms with Gasteiger partial charge in [-0.25, -0.2) is 4.79 Å². The Bertz CT molecular complexity index is 542. The Labute approximate surface area is 143 Å². The highest BCUT2D eigenvalue weighted by atomic mass is 16.6. The Morgan fingerprint density at radius 1 is 1.12 bits per heavy atom. The average molecular weight is 333 g/mol. The van der Waals surface area contributed by atoms with Crippen LogP contribution in [0.1, 0.15) is 39.2 Å². The van der Waals surface area contributed by atoms with E-state index in [4.69, 9.17) is 9.47 Å². The van der Waals surface area contributed by atoms with Crippen molar-refractivity contribution < 1.29 is 19.1 Å². The first kappa shape index (κ1) is 18.3. The Morgan fingerprint density at radius 3 is 2.33 bits per heavy atom. The van der Waals surface area contributed by atoms with Gasteiger partial charge in [0.25, 0.3) is 0 Å². The maximum Gasteiger partial charge on any atom is 0.410 e. The summed E-state index contributed by atoms with van der Waals surface area (Å²) in [6, 6.07) is 9.58. The standard InChI is InChI=1S/C19H27NO4/c1-19(2,3)24-18(22)20-11-9-16(10-12-20)14-23-17(21)13-15-7-5-4-6-8-15/h4-8,16H,9-14H2,1-3H3. The summed E-state index contributed by atoms with van der Waals surface area (Å²) < 4.78 is 10.8. The molecule has 0 atom stereocenters. The monoisotopic (exact) mass is 333 g/mol. The minimum Gasteiger partial charge on any atom is -0.465 e. The van der Waals surface area contributed by atoms with E-state index in [1.165, 1.54) is 0 Å². The van der Waals surface area contributed by atoms with Crippen molar-refractivity contribution in [2.24, 2.45) is 5.92 Å². The third-order valence-corrected chi connectivity index (χ3v) is 3.94. The Balaban J connectivity index is 1.68. The highest BCUT2D eigenvalue weighted by Crippen LogP contribution is 2.20. The van der Waals surface area contributed by atoms with E-state index in [0.717, 1.165) is 18.4 Å². The van der Waals surface area contributed by atoms with Gasteiger partial charge in [-0.1, -0.05) is 30.3 Å². The van der Waals surface area contributed by atoms with Gasteiger partial charge < -0.3 is 14.4 Å². The minimum absolute atomic E-state index is 0.198. The molecule has 0 radical (unpaired) electrons. The van der Waals surface area contributed by atoms with E-state index >= 15 is 0 Å². The maximum atomic E-state index is 12.0. The van der Waals surface area contributed by atoms with Crippen LogP contribution in [-0.2, 0) is 20.7 Å². The summed E-state index contributed by atoms with van der Waals surface area (Å²) in [5, 5.41) is 0. The van der Waals surface area contributed by atoms with Gasteiger partial charge in [0.05, 0.1) is 13.0 Å². The first-order valence-corrected chi connectivity index (χ1v) is 8.51. The smallest absolute Gasteiger partial charge is 0.410 e. The quantitative estimate of drug-likeness (QED) is 0.792. The molecule has 1 heterocycles. The summed E-state index contributed by atoms with van der Waals surface area (Å²) in [4.78, 5) is 25.6. The van der Waals surface area contributed by atoms with Crippen LogP contribution in [-0.4, -0.2) is 42.3 Å². The Kier molecular flexibility index (Phi) is 6.23. The fraction of sp³-hybridized carbons (Fsp3) is 0.579. The summed E-state index contributed by atoms with van der Waals surface area (Å²) in [5.41, 5.74) is 0.489. The topological polar surface area (TPSA) is 55.8 Å². The number of esters is 1. The normalized spacial score (nSPS) is 15.9. The fourth-order valence-corrected chi connectivity index (χ4v) is 2.63.